The molecule has 162 valence electrons. The first-order valence-electron chi connectivity index (χ1n) is 10.8. The number of hydrogen-bond acceptors (Lipinski definition) is 6. The number of aromatic nitrogens is 3. The molecule has 1 unspecified atom stereocenters. The van der Waals surface area contributed by atoms with E-state index in [4.69, 9.17) is 4.74 Å². The van der Waals surface area contributed by atoms with Crippen molar-refractivity contribution in [3.05, 3.63) is 29.8 Å². The van der Waals surface area contributed by atoms with E-state index in [0.717, 1.165) is 55.8 Å². The van der Waals surface area contributed by atoms with E-state index in [9.17, 15) is 4.79 Å². The summed E-state index contributed by atoms with van der Waals surface area (Å²) in [7, 11) is 0. The van der Waals surface area contributed by atoms with E-state index in [2.05, 4.69) is 57.8 Å². The molecular formula is C22H31N5O2S. The van der Waals surface area contributed by atoms with Crippen LogP contribution in [0.25, 0.3) is 5.69 Å². The zero-order valence-electron chi connectivity index (χ0n) is 18.1. The molecule has 1 aromatic heterocycles. The molecule has 0 N–H and O–H groups in total. The molecule has 2 aliphatic heterocycles. The van der Waals surface area contributed by atoms with E-state index < -0.39 is 0 Å². The van der Waals surface area contributed by atoms with Crippen LogP contribution < -0.4 is 4.90 Å². The highest BCUT2D eigenvalue weighted by atomic mass is 32.2. The monoisotopic (exact) mass is 429 g/mol. The first kappa shape index (κ1) is 21.2. The van der Waals surface area contributed by atoms with Crippen LogP contribution in [0.3, 0.4) is 0 Å². The lowest BCUT2D eigenvalue weighted by molar-refractivity contribution is -0.131. The summed E-state index contributed by atoms with van der Waals surface area (Å²) in [4.78, 5) is 17.2. The summed E-state index contributed by atoms with van der Waals surface area (Å²) < 4.78 is 7.59. The van der Waals surface area contributed by atoms with Crippen LogP contribution in [0.2, 0.25) is 0 Å². The zero-order valence-corrected chi connectivity index (χ0v) is 18.9. The minimum Gasteiger partial charge on any atom is -0.378 e. The van der Waals surface area contributed by atoms with Gasteiger partial charge in [-0.2, -0.15) is 0 Å². The Morgan fingerprint density at radius 2 is 1.77 bits per heavy atom. The summed E-state index contributed by atoms with van der Waals surface area (Å²) >= 11 is 1.50. The number of ether oxygens (including phenoxy) is 1. The van der Waals surface area contributed by atoms with E-state index in [1.165, 1.54) is 17.3 Å². The summed E-state index contributed by atoms with van der Waals surface area (Å²) in [5.74, 6) is 1.71. The van der Waals surface area contributed by atoms with Crippen molar-refractivity contribution >= 4 is 23.6 Å². The molecule has 30 heavy (non-hydrogen) atoms. The lowest BCUT2D eigenvalue weighted by atomic mass is 9.99. The Morgan fingerprint density at radius 1 is 1.10 bits per heavy atom. The Kier molecular flexibility index (Phi) is 6.63. The van der Waals surface area contributed by atoms with Crippen molar-refractivity contribution in [2.75, 3.05) is 44.3 Å². The summed E-state index contributed by atoms with van der Waals surface area (Å²) in [6.45, 7) is 11.0. The van der Waals surface area contributed by atoms with E-state index in [1.807, 2.05) is 11.8 Å². The quantitative estimate of drug-likeness (QED) is 0.681. The van der Waals surface area contributed by atoms with E-state index in [0.29, 0.717) is 19.1 Å². The fraction of sp³-hybridized carbons (Fsp3) is 0.591. The smallest absolute Gasteiger partial charge is 0.235 e. The molecule has 0 aliphatic carbocycles. The van der Waals surface area contributed by atoms with Crippen LogP contribution in [-0.4, -0.2) is 70.2 Å². The van der Waals surface area contributed by atoms with Gasteiger partial charge in [-0.05, 0) is 44.7 Å². The van der Waals surface area contributed by atoms with Crippen molar-refractivity contribution in [1.29, 1.82) is 0 Å². The Hall–Kier alpha value is -2.06. The van der Waals surface area contributed by atoms with Crippen LogP contribution >= 0.6 is 11.8 Å². The zero-order chi connectivity index (χ0) is 21.1. The maximum Gasteiger partial charge on any atom is 0.235 e. The van der Waals surface area contributed by atoms with Crippen LogP contribution in [0.1, 0.15) is 32.3 Å². The molecule has 1 atom stereocenters. The van der Waals surface area contributed by atoms with Crippen molar-refractivity contribution in [3.63, 3.8) is 0 Å². The highest BCUT2D eigenvalue weighted by Gasteiger charge is 2.28. The number of carbonyl (C=O) groups excluding carboxylic acids is 1. The van der Waals surface area contributed by atoms with Crippen LogP contribution in [0.15, 0.2) is 29.4 Å². The average Bonchev–Trinajstić information content (AvgIpc) is 3.18. The fourth-order valence-corrected chi connectivity index (χ4v) is 4.87. The molecule has 2 fully saturated rings. The Labute approximate surface area is 182 Å². The second-order valence-electron chi connectivity index (χ2n) is 8.32. The van der Waals surface area contributed by atoms with Gasteiger partial charge in [-0.1, -0.05) is 36.4 Å². The fourth-order valence-electron chi connectivity index (χ4n) is 3.92. The van der Waals surface area contributed by atoms with Gasteiger partial charge in [0.25, 0.3) is 0 Å². The van der Waals surface area contributed by atoms with Gasteiger partial charge in [0.1, 0.15) is 0 Å². The topological polar surface area (TPSA) is 63.5 Å². The Balaban J connectivity index is 1.58. The minimum atomic E-state index is -0.204. The number of carbonyl (C=O) groups is 1. The maximum absolute atomic E-state index is 13.0. The number of benzene rings is 1. The third-order valence-electron chi connectivity index (χ3n) is 5.93. The summed E-state index contributed by atoms with van der Waals surface area (Å²) in [6, 6.07) is 8.36. The lowest BCUT2D eigenvalue weighted by Crippen LogP contribution is -2.41. The number of nitrogens with zero attached hydrogens (tertiary/aromatic N) is 5. The van der Waals surface area contributed by atoms with Crippen LogP contribution in [-0.2, 0) is 9.53 Å². The van der Waals surface area contributed by atoms with E-state index in [1.54, 1.807) is 0 Å². The molecule has 3 heterocycles. The van der Waals surface area contributed by atoms with Crippen molar-refractivity contribution in [1.82, 2.24) is 19.7 Å². The third-order valence-corrected chi connectivity index (χ3v) is 6.96. The predicted molar refractivity (Wildman–Crippen MR) is 119 cm³/mol. The number of hydrogen-bond donors (Lipinski definition) is 0. The molecule has 0 radical (unpaired) electrons. The SMILES string of the molecule is Cc1ccc(-n2c(SC(C)C(=O)N3CCC(C)CC3)nnc2N2CCOCC2)cc1. The normalized spacial score (nSPS) is 19.2. The van der Waals surface area contributed by atoms with Crippen molar-refractivity contribution in [2.45, 2.75) is 44.0 Å². The molecule has 8 heteroatoms. The Bertz CT molecular complexity index is 855. The van der Waals surface area contributed by atoms with Gasteiger partial charge in [-0.3, -0.25) is 9.36 Å². The summed E-state index contributed by atoms with van der Waals surface area (Å²) in [5.41, 5.74) is 2.22. The van der Waals surface area contributed by atoms with Crippen LogP contribution in [0.5, 0.6) is 0 Å². The number of amides is 1. The first-order chi connectivity index (χ1) is 14.5. The molecule has 2 saturated heterocycles. The van der Waals surface area contributed by atoms with Gasteiger partial charge in [0.2, 0.25) is 11.9 Å². The molecule has 0 bridgehead atoms. The highest BCUT2D eigenvalue weighted by Crippen LogP contribution is 2.31. The molecule has 2 aromatic rings. The predicted octanol–water partition coefficient (Wildman–Crippen LogP) is 3.15. The molecule has 0 spiro atoms. The van der Waals surface area contributed by atoms with E-state index >= 15 is 0 Å². The third kappa shape index (κ3) is 4.64. The van der Waals surface area contributed by atoms with Gasteiger partial charge in [0.15, 0.2) is 5.16 Å². The van der Waals surface area contributed by atoms with Crippen molar-refractivity contribution < 1.29 is 9.53 Å². The molecule has 2 aliphatic rings. The number of piperidine rings is 1. The molecule has 1 amide bonds. The maximum atomic E-state index is 13.0. The largest absolute Gasteiger partial charge is 0.378 e. The average molecular weight is 430 g/mol. The number of thioether (sulfide) groups is 1. The molecular weight excluding hydrogens is 398 g/mol. The van der Waals surface area contributed by atoms with E-state index in [-0.39, 0.29) is 11.2 Å². The number of anilines is 1. The molecule has 0 saturated carbocycles. The second-order valence-corrected chi connectivity index (χ2v) is 9.63. The Morgan fingerprint density at radius 3 is 2.43 bits per heavy atom. The van der Waals surface area contributed by atoms with Gasteiger partial charge < -0.3 is 14.5 Å². The van der Waals surface area contributed by atoms with Gasteiger partial charge >= 0.3 is 0 Å². The number of aryl methyl sites for hydroxylation is 1. The highest BCUT2D eigenvalue weighted by molar-refractivity contribution is 8.00. The lowest BCUT2D eigenvalue weighted by Gasteiger charge is -2.32. The van der Waals surface area contributed by atoms with Crippen LogP contribution in [0.4, 0.5) is 5.95 Å². The molecule has 4 rings (SSSR count). The van der Waals surface area contributed by atoms with Gasteiger partial charge in [0.05, 0.1) is 24.2 Å². The van der Waals surface area contributed by atoms with Gasteiger partial charge in [-0.15, -0.1) is 10.2 Å². The number of morpholine rings is 1. The number of rotatable bonds is 5. The molecule has 7 nitrogen and oxygen atoms in total. The first-order valence-corrected chi connectivity index (χ1v) is 11.7. The second kappa shape index (κ2) is 9.39. The van der Waals surface area contributed by atoms with Crippen molar-refractivity contribution in [3.8, 4) is 5.69 Å². The summed E-state index contributed by atoms with van der Waals surface area (Å²) in [5, 5.41) is 9.56. The number of likely N-dealkylation sites (tertiary alicyclic amines) is 1. The summed E-state index contributed by atoms with van der Waals surface area (Å²) in [6.07, 6.45) is 2.17. The molecule has 1 aromatic carbocycles. The van der Waals surface area contributed by atoms with Gasteiger partial charge in [-0.25, -0.2) is 0 Å². The van der Waals surface area contributed by atoms with Crippen molar-refractivity contribution in [2.24, 2.45) is 5.92 Å². The minimum absolute atomic E-state index is 0.193. The standard InChI is InChI=1S/C22H31N5O2S/c1-16-4-6-19(7-5-16)27-21(26-12-14-29-15-13-26)23-24-22(27)30-18(3)20(28)25-10-8-17(2)9-11-25/h4-7,17-18H,8-15H2,1-3H3. The van der Waals surface area contributed by atoms with Crippen LogP contribution in [0, 0.1) is 12.8 Å². The van der Waals surface area contributed by atoms with Gasteiger partial charge in [0, 0.05) is 26.2 Å².